The van der Waals surface area contributed by atoms with E-state index in [0.29, 0.717) is 0 Å². The number of hydrogen-bond acceptors (Lipinski definition) is 1. The summed E-state index contributed by atoms with van der Waals surface area (Å²) in [7, 11) is 0. The van der Waals surface area contributed by atoms with Crippen LogP contribution in [0.3, 0.4) is 0 Å². The van der Waals surface area contributed by atoms with Crippen LogP contribution in [0.1, 0.15) is 0 Å². The first-order valence-electron chi connectivity index (χ1n) is 2.88. The molecule has 0 saturated carbocycles. The summed E-state index contributed by atoms with van der Waals surface area (Å²) in [5, 5.41) is 0.794. The molecule has 0 atom stereocenters. The van der Waals surface area contributed by atoms with Gasteiger partial charge in [-0.2, -0.15) is 0 Å². The zero-order chi connectivity index (χ0) is 9.61. The average Bonchev–Trinajstić information content (AvgIpc) is 1.85. The molecule has 0 aliphatic heterocycles. The summed E-state index contributed by atoms with van der Waals surface area (Å²) >= 11 is 0.415. The van der Waals surface area contributed by atoms with Crippen molar-refractivity contribution in [2.24, 2.45) is 0 Å². The van der Waals surface area contributed by atoms with Crippen LogP contribution in [0.4, 0.5) is 0 Å². The van der Waals surface area contributed by atoms with Crippen LogP contribution in [0.2, 0.25) is 5.02 Å². The first-order valence-corrected chi connectivity index (χ1v) is 6.54. The molecule has 0 aliphatic rings. The fourth-order valence-electron chi connectivity index (χ4n) is 0.415. The molecule has 0 saturated heterocycles. The standard InChI is InChI=1S/C6H5Cl.AsH3O4/c7-6-4-2-1-3-5-6;2-1(3,4)5/h1-5H;(H3,2,3,4,5). The number of rotatable bonds is 0. The Morgan fingerprint density at radius 3 is 1.58 bits per heavy atom. The van der Waals surface area contributed by atoms with Crippen molar-refractivity contribution in [2.75, 3.05) is 0 Å². The Morgan fingerprint density at radius 1 is 1.08 bits per heavy atom. The summed E-state index contributed by atoms with van der Waals surface area (Å²) in [6.45, 7) is 0. The van der Waals surface area contributed by atoms with Gasteiger partial charge in [-0.15, -0.1) is 0 Å². The SMILES string of the molecule is Clc1ccccc1.O=[As](O)(O)O. The second kappa shape index (κ2) is 5.40. The molecule has 0 bridgehead atoms. The molecule has 1 aromatic rings. The number of hydrogen-bond donors (Lipinski definition) is 3. The quantitative estimate of drug-likeness (QED) is 0.577. The van der Waals surface area contributed by atoms with E-state index in [9.17, 15) is 0 Å². The third kappa shape index (κ3) is 12.4. The second-order valence-electron chi connectivity index (χ2n) is 1.81. The third-order valence-corrected chi connectivity index (χ3v) is 0.985. The minimum atomic E-state index is -5.12. The van der Waals surface area contributed by atoms with Gasteiger partial charge in [0, 0.05) is 5.02 Å². The number of benzene rings is 1. The topological polar surface area (TPSA) is 77.8 Å². The fourth-order valence-corrected chi connectivity index (χ4v) is 0.560. The van der Waals surface area contributed by atoms with E-state index in [1.54, 1.807) is 0 Å². The molecular weight excluding hydrogens is 246 g/mol. The molecular formula is C6H8AsClO4. The van der Waals surface area contributed by atoms with E-state index in [4.69, 9.17) is 27.6 Å². The van der Waals surface area contributed by atoms with Gasteiger partial charge in [-0.05, 0) is 12.1 Å². The third-order valence-electron chi connectivity index (χ3n) is 0.733. The van der Waals surface area contributed by atoms with E-state index in [-0.39, 0.29) is 0 Å². The fraction of sp³-hybridized carbons (Fsp3) is 0. The molecule has 68 valence electrons. The Morgan fingerprint density at radius 2 is 1.42 bits per heavy atom. The van der Waals surface area contributed by atoms with Gasteiger partial charge in [-0.1, -0.05) is 29.8 Å². The van der Waals surface area contributed by atoms with Gasteiger partial charge >= 0.3 is 30.5 Å². The summed E-state index contributed by atoms with van der Waals surface area (Å²) in [5.74, 6) is 0. The van der Waals surface area contributed by atoms with E-state index in [2.05, 4.69) is 0 Å². The molecule has 0 amide bonds. The van der Waals surface area contributed by atoms with Crippen LogP contribution < -0.4 is 0 Å². The van der Waals surface area contributed by atoms with Crippen molar-refractivity contribution in [3.05, 3.63) is 35.4 Å². The van der Waals surface area contributed by atoms with Crippen LogP contribution in [0, 0.1) is 0 Å². The normalized spacial score (nSPS) is 10.0. The molecule has 0 fully saturated rings. The van der Waals surface area contributed by atoms with Crippen molar-refractivity contribution in [1.29, 1.82) is 0 Å². The molecule has 1 rings (SSSR count). The predicted molar refractivity (Wildman–Crippen MR) is 44.5 cm³/mol. The Hall–Kier alpha value is -0.252. The van der Waals surface area contributed by atoms with E-state index < -0.39 is 14.5 Å². The number of halogens is 1. The van der Waals surface area contributed by atoms with Gasteiger partial charge in [-0.25, -0.2) is 0 Å². The summed E-state index contributed by atoms with van der Waals surface area (Å²) in [5.41, 5.74) is 0. The van der Waals surface area contributed by atoms with Gasteiger partial charge in [0.1, 0.15) is 0 Å². The van der Waals surface area contributed by atoms with Gasteiger partial charge in [0.15, 0.2) is 0 Å². The van der Waals surface area contributed by atoms with E-state index >= 15 is 0 Å². The average molecular weight is 255 g/mol. The van der Waals surface area contributed by atoms with Crippen LogP contribution in [0.15, 0.2) is 30.3 Å². The van der Waals surface area contributed by atoms with Crippen LogP contribution in [-0.4, -0.2) is 26.8 Å². The van der Waals surface area contributed by atoms with Crippen molar-refractivity contribution in [3.63, 3.8) is 0 Å². The van der Waals surface area contributed by atoms with E-state index in [1.165, 1.54) is 0 Å². The second-order valence-corrected chi connectivity index (χ2v) is 4.40. The van der Waals surface area contributed by atoms with Crippen molar-refractivity contribution in [3.8, 4) is 0 Å². The van der Waals surface area contributed by atoms with Crippen molar-refractivity contribution in [1.82, 2.24) is 0 Å². The van der Waals surface area contributed by atoms with Crippen LogP contribution >= 0.6 is 11.6 Å². The van der Waals surface area contributed by atoms with Crippen LogP contribution in [0.25, 0.3) is 0 Å². The van der Waals surface area contributed by atoms with Crippen LogP contribution in [-0.2, 0) is 3.74 Å². The van der Waals surface area contributed by atoms with E-state index in [0.717, 1.165) is 5.02 Å². The Kier molecular flexibility index (Phi) is 5.29. The van der Waals surface area contributed by atoms with Gasteiger partial charge < -0.3 is 0 Å². The van der Waals surface area contributed by atoms with Crippen LogP contribution in [0.5, 0.6) is 0 Å². The first-order chi connectivity index (χ1) is 5.39. The van der Waals surface area contributed by atoms with Crippen molar-refractivity contribution < 1.29 is 16.0 Å². The van der Waals surface area contributed by atoms with Gasteiger partial charge in [0.25, 0.3) is 0 Å². The zero-order valence-electron chi connectivity index (χ0n) is 5.96. The molecule has 0 unspecified atom stereocenters. The molecule has 3 N–H and O–H groups in total. The minimum absolute atomic E-state index is 0.794. The monoisotopic (exact) mass is 254 g/mol. The molecule has 12 heavy (non-hydrogen) atoms. The molecule has 0 aromatic heterocycles. The summed E-state index contributed by atoms with van der Waals surface area (Å²) in [4.78, 5) is 0. The molecule has 0 radical (unpaired) electrons. The van der Waals surface area contributed by atoms with Gasteiger partial charge in [0.2, 0.25) is 0 Å². The molecule has 0 spiro atoms. The Bertz CT molecular complexity index is 249. The Balaban J connectivity index is 0.000000217. The molecule has 6 heteroatoms. The summed E-state index contributed by atoms with van der Waals surface area (Å²) in [6.07, 6.45) is 0. The molecule has 0 heterocycles. The molecule has 0 aliphatic carbocycles. The summed E-state index contributed by atoms with van der Waals surface area (Å²) < 4.78 is 30.7. The van der Waals surface area contributed by atoms with Gasteiger partial charge in [0.05, 0.1) is 0 Å². The van der Waals surface area contributed by atoms with Crippen molar-refractivity contribution in [2.45, 2.75) is 0 Å². The van der Waals surface area contributed by atoms with Crippen molar-refractivity contribution >= 4 is 26.1 Å². The molecule has 4 nitrogen and oxygen atoms in total. The van der Waals surface area contributed by atoms with Gasteiger partial charge in [-0.3, -0.25) is 0 Å². The maximum absolute atomic E-state index is 8.94. The van der Waals surface area contributed by atoms with E-state index in [1.807, 2.05) is 30.3 Å². The molecule has 1 aromatic carbocycles. The predicted octanol–water partition coefficient (Wildman–Crippen LogP) is 0.169. The summed E-state index contributed by atoms with van der Waals surface area (Å²) in [6, 6.07) is 9.44. The first kappa shape index (κ1) is 11.7. The Labute approximate surface area is 77.8 Å². The zero-order valence-corrected chi connectivity index (χ0v) is 8.59. The maximum atomic E-state index is 8.94.